The SMILES string of the molecule is CC(C)OC1(CN)CCCC1C. The lowest BCUT2D eigenvalue weighted by atomic mass is 9.92. The van der Waals surface area contributed by atoms with Crippen LogP contribution in [0.2, 0.25) is 0 Å². The van der Waals surface area contributed by atoms with Crippen molar-refractivity contribution in [1.29, 1.82) is 0 Å². The molecule has 1 aliphatic rings. The number of rotatable bonds is 3. The molecule has 2 unspecified atom stereocenters. The van der Waals surface area contributed by atoms with Crippen molar-refractivity contribution in [2.24, 2.45) is 11.7 Å². The van der Waals surface area contributed by atoms with E-state index in [2.05, 4.69) is 20.8 Å². The molecule has 2 heteroatoms. The molecule has 0 heterocycles. The Hall–Kier alpha value is -0.0800. The summed E-state index contributed by atoms with van der Waals surface area (Å²) in [5.74, 6) is 0.630. The zero-order chi connectivity index (χ0) is 9.19. The first-order chi connectivity index (χ1) is 5.60. The van der Waals surface area contributed by atoms with Crippen LogP contribution in [0.5, 0.6) is 0 Å². The highest BCUT2D eigenvalue weighted by Crippen LogP contribution is 2.38. The number of hydrogen-bond donors (Lipinski definition) is 1. The van der Waals surface area contributed by atoms with Crippen LogP contribution in [0.3, 0.4) is 0 Å². The Balaban J connectivity index is 2.61. The minimum absolute atomic E-state index is 0.00579. The second-order valence-electron chi connectivity index (χ2n) is 4.23. The van der Waals surface area contributed by atoms with E-state index < -0.39 is 0 Å². The van der Waals surface area contributed by atoms with E-state index in [1.807, 2.05) is 0 Å². The van der Waals surface area contributed by atoms with Crippen molar-refractivity contribution < 1.29 is 4.74 Å². The fourth-order valence-corrected chi connectivity index (χ4v) is 2.21. The smallest absolute Gasteiger partial charge is 0.0832 e. The molecule has 0 amide bonds. The van der Waals surface area contributed by atoms with Crippen molar-refractivity contribution in [2.45, 2.75) is 51.7 Å². The average molecular weight is 171 g/mol. The van der Waals surface area contributed by atoms with Crippen molar-refractivity contribution in [2.75, 3.05) is 6.54 Å². The van der Waals surface area contributed by atoms with E-state index in [4.69, 9.17) is 10.5 Å². The Morgan fingerprint density at radius 1 is 1.58 bits per heavy atom. The molecule has 0 aromatic carbocycles. The summed E-state index contributed by atoms with van der Waals surface area (Å²) in [6.07, 6.45) is 3.98. The minimum Gasteiger partial charge on any atom is -0.371 e. The van der Waals surface area contributed by atoms with Gasteiger partial charge >= 0.3 is 0 Å². The zero-order valence-electron chi connectivity index (χ0n) is 8.47. The first-order valence-electron chi connectivity index (χ1n) is 4.98. The Labute approximate surface area is 75.5 Å². The Bertz CT molecular complexity index is 147. The lowest BCUT2D eigenvalue weighted by Crippen LogP contribution is -2.44. The quantitative estimate of drug-likeness (QED) is 0.704. The molecule has 0 aromatic heterocycles. The molecule has 0 saturated heterocycles. The van der Waals surface area contributed by atoms with Crippen LogP contribution < -0.4 is 5.73 Å². The Kier molecular flexibility index (Phi) is 3.13. The monoisotopic (exact) mass is 171 g/mol. The minimum atomic E-state index is -0.00579. The molecular weight excluding hydrogens is 150 g/mol. The molecule has 1 saturated carbocycles. The lowest BCUT2D eigenvalue weighted by Gasteiger charge is -2.34. The third kappa shape index (κ3) is 1.80. The standard InChI is InChI=1S/C10H21NO/c1-8(2)12-10(7-11)6-4-5-9(10)3/h8-9H,4-7,11H2,1-3H3. The van der Waals surface area contributed by atoms with Crippen LogP contribution in [0.25, 0.3) is 0 Å². The summed E-state index contributed by atoms with van der Waals surface area (Å²) in [7, 11) is 0. The summed E-state index contributed by atoms with van der Waals surface area (Å²) in [6.45, 7) is 7.10. The zero-order valence-corrected chi connectivity index (χ0v) is 8.47. The van der Waals surface area contributed by atoms with E-state index in [0.29, 0.717) is 18.6 Å². The summed E-state index contributed by atoms with van der Waals surface area (Å²) in [5.41, 5.74) is 5.78. The van der Waals surface area contributed by atoms with Gasteiger partial charge < -0.3 is 10.5 Å². The second kappa shape index (κ2) is 3.75. The van der Waals surface area contributed by atoms with Gasteiger partial charge in [-0.25, -0.2) is 0 Å². The highest BCUT2D eigenvalue weighted by Gasteiger charge is 2.40. The van der Waals surface area contributed by atoms with Crippen molar-refractivity contribution in [3.63, 3.8) is 0 Å². The van der Waals surface area contributed by atoms with E-state index in [1.54, 1.807) is 0 Å². The van der Waals surface area contributed by atoms with Gasteiger partial charge in [0.1, 0.15) is 0 Å². The molecule has 2 nitrogen and oxygen atoms in total. The van der Waals surface area contributed by atoms with Crippen LogP contribution in [0, 0.1) is 5.92 Å². The first kappa shape index (κ1) is 10.0. The summed E-state index contributed by atoms with van der Waals surface area (Å²) in [6, 6.07) is 0. The molecule has 2 atom stereocenters. The van der Waals surface area contributed by atoms with E-state index in [0.717, 1.165) is 6.42 Å². The highest BCUT2D eigenvalue weighted by atomic mass is 16.5. The predicted octanol–water partition coefficient (Wildman–Crippen LogP) is 1.93. The molecule has 1 aliphatic carbocycles. The maximum Gasteiger partial charge on any atom is 0.0832 e. The van der Waals surface area contributed by atoms with Gasteiger partial charge in [-0.2, -0.15) is 0 Å². The van der Waals surface area contributed by atoms with Crippen LogP contribution in [0.1, 0.15) is 40.0 Å². The Morgan fingerprint density at radius 3 is 2.58 bits per heavy atom. The second-order valence-corrected chi connectivity index (χ2v) is 4.23. The summed E-state index contributed by atoms with van der Waals surface area (Å²) in [5, 5.41) is 0. The van der Waals surface area contributed by atoms with Crippen molar-refractivity contribution >= 4 is 0 Å². The number of hydrogen-bond acceptors (Lipinski definition) is 2. The molecule has 0 aliphatic heterocycles. The van der Waals surface area contributed by atoms with Crippen LogP contribution in [0.4, 0.5) is 0 Å². The van der Waals surface area contributed by atoms with Crippen molar-refractivity contribution in [1.82, 2.24) is 0 Å². The van der Waals surface area contributed by atoms with Gasteiger partial charge in [-0.05, 0) is 32.6 Å². The number of ether oxygens (including phenoxy) is 1. The molecule has 2 N–H and O–H groups in total. The summed E-state index contributed by atoms with van der Waals surface area (Å²) < 4.78 is 5.94. The van der Waals surface area contributed by atoms with Gasteiger partial charge in [0.25, 0.3) is 0 Å². The molecule has 0 bridgehead atoms. The maximum atomic E-state index is 5.94. The van der Waals surface area contributed by atoms with Gasteiger partial charge in [0.2, 0.25) is 0 Å². The van der Waals surface area contributed by atoms with E-state index in [9.17, 15) is 0 Å². The molecule has 72 valence electrons. The van der Waals surface area contributed by atoms with Gasteiger partial charge in [0.15, 0.2) is 0 Å². The molecule has 1 rings (SSSR count). The normalized spacial score (nSPS) is 36.2. The molecule has 12 heavy (non-hydrogen) atoms. The molecule has 0 spiro atoms. The summed E-state index contributed by atoms with van der Waals surface area (Å²) >= 11 is 0. The third-order valence-corrected chi connectivity index (χ3v) is 2.95. The van der Waals surface area contributed by atoms with Crippen LogP contribution in [-0.4, -0.2) is 18.2 Å². The fourth-order valence-electron chi connectivity index (χ4n) is 2.21. The fraction of sp³-hybridized carbons (Fsp3) is 1.00. The third-order valence-electron chi connectivity index (χ3n) is 2.95. The van der Waals surface area contributed by atoms with Crippen LogP contribution >= 0.6 is 0 Å². The van der Waals surface area contributed by atoms with Gasteiger partial charge in [0, 0.05) is 6.54 Å². The molecular formula is C10H21NO. The predicted molar refractivity (Wildman–Crippen MR) is 51.0 cm³/mol. The van der Waals surface area contributed by atoms with Crippen LogP contribution in [0.15, 0.2) is 0 Å². The van der Waals surface area contributed by atoms with Crippen LogP contribution in [-0.2, 0) is 4.74 Å². The van der Waals surface area contributed by atoms with Gasteiger partial charge in [-0.15, -0.1) is 0 Å². The van der Waals surface area contributed by atoms with E-state index in [1.165, 1.54) is 12.8 Å². The molecule has 0 aromatic rings. The summed E-state index contributed by atoms with van der Waals surface area (Å²) in [4.78, 5) is 0. The first-order valence-corrected chi connectivity index (χ1v) is 4.98. The number of nitrogens with two attached hydrogens (primary N) is 1. The van der Waals surface area contributed by atoms with E-state index >= 15 is 0 Å². The maximum absolute atomic E-state index is 5.94. The van der Waals surface area contributed by atoms with Gasteiger partial charge in [-0.1, -0.05) is 13.3 Å². The highest BCUT2D eigenvalue weighted by molar-refractivity contribution is 4.93. The van der Waals surface area contributed by atoms with E-state index in [-0.39, 0.29) is 5.60 Å². The lowest BCUT2D eigenvalue weighted by molar-refractivity contribution is -0.0932. The van der Waals surface area contributed by atoms with Crippen molar-refractivity contribution in [3.8, 4) is 0 Å². The molecule has 1 fully saturated rings. The van der Waals surface area contributed by atoms with Gasteiger partial charge in [0.05, 0.1) is 11.7 Å². The van der Waals surface area contributed by atoms with Crippen molar-refractivity contribution in [3.05, 3.63) is 0 Å². The topological polar surface area (TPSA) is 35.2 Å². The molecule has 0 radical (unpaired) electrons. The van der Waals surface area contributed by atoms with Gasteiger partial charge in [-0.3, -0.25) is 0 Å². The largest absolute Gasteiger partial charge is 0.371 e. The average Bonchev–Trinajstić information content (AvgIpc) is 2.32. The Morgan fingerprint density at radius 2 is 2.25 bits per heavy atom.